The molecule has 0 saturated heterocycles. The van der Waals surface area contributed by atoms with Gasteiger partial charge in [0.2, 0.25) is 0 Å². The van der Waals surface area contributed by atoms with Crippen LogP contribution in [0.2, 0.25) is 5.02 Å². The number of hydrogen-bond donors (Lipinski definition) is 1. The van der Waals surface area contributed by atoms with Crippen molar-refractivity contribution in [3.05, 3.63) is 28.9 Å². The average Bonchev–Trinajstić information content (AvgIpc) is 2.59. The van der Waals surface area contributed by atoms with Crippen LogP contribution < -0.4 is 15.2 Å². The molecular weight excluding hydrogens is 348 g/mol. The number of nitrogens with two attached hydrogens (primary N) is 1. The third kappa shape index (κ3) is 4.37. The molecule has 0 spiro atoms. The Morgan fingerprint density at radius 2 is 2.00 bits per heavy atom. The van der Waals surface area contributed by atoms with Crippen molar-refractivity contribution in [2.45, 2.75) is 13.8 Å². The lowest BCUT2D eigenvalue weighted by Crippen LogP contribution is -2.17. The first-order valence-electron chi connectivity index (χ1n) is 7.62. The summed E-state index contributed by atoms with van der Waals surface area (Å²) in [5.41, 5.74) is 5.70. The van der Waals surface area contributed by atoms with Crippen molar-refractivity contribution >= 4 is 34.4 Å². The molecule has 134 valence electrons. The van der Waals surface area contributed by atoms with Crippen LogP contribution in [0, 0.1) is 5.92 Å². The third-order valence-electron chi connectivity index (χ3n) is 3.27. The van der Waals surface area contributed by atoms with Crippen LogP contribution in [0.1, 0.15) is 24.3 Å². The summed E-state index contributed by atoms with van der Waals surface area (Å²) < 4.78 is 15.4. The van der Waals surface area contributed by atoms with Crippen LogP contribution in [0.5, 0.6) is 11.5 Å². The number of aromatic nitrogens is 1. The molecular formula is C17H19ClN2O5. The van der Waals surface area contributed by atoms with Gasteiger partial charge in [-0.1, -0.05) is 25.4 Å². The lowest BCUT2D eigenvalue weighted by Gasteiger charge is -2.12. The molecule has 2 aromatic rings. The van der Waals surface area contributed by atoms with Crippen LogP contribution in [-0.2, 0) is 4.74 Å². The van der Waals surface area contributed by atoms with Crippen molar-refractivity contribution in [2.75, 3.05) is 20.3 Å². The predicted molar refractivity (Wildman–Crippen MR) is 93.5 cm³/mol. The average molecular weight is 367 g/mol. The van der Waals surface area contributed by atoms with Gasteiger partial charge in [-0.2, -0.15) is 0 Å². The second-order valence-electron chi connectivity index (χ2n) is 5.67. The summed E-state index contributed by atoms with van der Waals surface area (Å²) in [4.78, 5) is 28.1. The smallest absolute Gasteiger partial charge is 0.495 e. The molecule has 0 bridgehead atoms. The monoisotopic (exact) mass is 366 g/mol. The van der Waals surface area contributed by atoms with Crippen LogP contribution in [0.4, 0.5) is 4.79 Å². The topological polar surface area (TPSA) is 101 Å². The minimum Gasteiger partial charge on any atom is -0.495 e. The van der Waals surface area contributed by atoms with Crippen LogP contribution in [-0.4, -0.2) is 37.2 Å². The lowest BCUT2D eigenvalue weighted by molar-refractivity contribution is 0.0886. The minimum atomic E-state index is -0.876. The number of hydrogen-bond acceptors (Lipinski definition) is 7. The summed E-state index contributed by atoms with van der Waals surface area (Å²) in [5.74, 6) is 0.239. The van der Waals surface area contributed by atoms with Crippen molar-refractivity contribution in [1.82, 2.24) is 4.98 Å². The number of Topliss-reactive ketones (excluding diaryl/α,β-unsaturated/α-hetero) is 1. The Balaban J connectivity index is 2.51. The molecule has 0 aliphatic heterocycles. The molecule has 0 amide bonds. The Hall–Kier alpha value is -2.38. The van der Waals surface area contributed by atoms with Gasteiger partial charge in [0.25, 0.3) is 0 Å². The number of fused-ring (bicyclic) bond motifs is 1. The summed E-state index contributed by atoms with van der Waals surface area (Å²) in [7, 11) is 1.46. The maximum atomic E-state index is 11.9. The van der Waals surface area contributed by atoms with E-state index in [1.165, 1.54) is 13.2 Å². The number of rotatable bonds is 6. The normalized spacial score (nSPS) is 10.8. The molecule has 2 rings (SSSR count). The predicted octanol–water partition coefficient (Wildman–Crippen LogP) is 3.21. The molecule has 8 heteroatoms. The van der Waals surface area contributed by atoms with Crippen molar-refractivity contribution < 1.29 is 23.8 Å². The number of benzene rings is 1. The van der Waals surface area contributed by atoms with Gasteiger partial charge in [0.15, 0.2) is 5.78 Å². The maximum absolute atomic E-state index is 11.9. The number of carbonyl (C=O) groups is 2. The molecule has 1 heterocycles. The Bertz CT molecular complexity index is 807. The molecule has 1 aromatic heterocycles. The third-order valence-corrected chi connectivity index (χ3v) is 3.63. The van der Waals surface area contributed by atoms with E-state index in [-0.39, 0.29) is 41.1 Å². The number of methoxy groups -OCH3 is 1. The first kappa shape index (κ1) is 19.0. The van der Waals surface area contributed by atoms with Gasteiger partial charge in [0, 0.05) is 11.5 Å². The van der Waals surface area contributed by atoms with Crippen LogP contribution in [0.25, 0.3) is 10.9 Å². The van der Waals surface area contributed by atoms with Gasteiger partial charge < -0.3 is 19.9 Å². The number of ketones is 1. The molecule has 0 unspecified atom stereocenters. The molecule has 0 atom stereocenters. The molecule has 7 nitrogen and oxygen atoms in total. The maximum Gasteiger partial charge on any atom is 0.513 e. The van der Waals surface area contributed by atoms with E-state index in [1.54, 1.807) is 12.1 Å². The molecule has 1 aromatic carbocycles. The molecule has 0 aliphatic rings. The van der Waals surface area contributed by atoms with E-state index in [0.717, 1.165) is 0 Å². The van der Waals surface area contributed by atoms with E-state index < -0.39 is 11.9 Å². The second-order valence-corrected chi connectivity index (χ2v) is 6.05. The highest BCUT2D eigenvalue weighted by atomic mass is 35.5. The van der Waals surface area contributed by atoms with Crippen molar-refractivity contribution in [3.63, 3.8) is 0 Å². The van der Waals surface area contributed by atoms with Gasteiger partial charge in [0.05, 0.1) is 25.8 Å². The zero-order chi connectivity index (χ0) is 18.6. The largest absolute Gasteiger partial charge is 0.513 e. The Morgan fingerprint density at radius 3 is 2.60 bits per heavy atom. The highest BCUT2D eigenvalue weighted by Crippen LogP contribution is 2.36. The standard InChI is InChI=1S/C17H19ClN2O5/c1-9(2)8-24-17(22)25-14-6-11(12(21)7-19)20-16-10(14)4-5-13(23-3)15(16)18/h4-6,9H,7-8,19H2,1-3H3. The molecule has 0 fully saturated rings. The van der Waals surface area contributed by atoms with Crippen LogP contribution in [0.3, 0.4) is 0 Å². The molecule has 0 aliphatic carbocycles. The van der Waals surface area contributed by atoms with E-state index in [9.17, 15) is 9.59 Å². The van der Waals surface area contributed by atoms with Crippen molar-refractivity contribution in [2.24, 2.45) is 11.7 Å². The highest BCUT2D eigenvalue weighted by Gasteiger charge is 2.19. The quantitative estimate of drug-likeness (QED) is 0.618. The number of ether oxygens (including phenoxy) is 3. The van der Waals surface area contributed by atoms with Gasteiger partial charge in [-0.25, -0.2) is 9.78 Å². The number of pyridine rings is 1. The van der Waals surface area contributed by atoms with E-state index in [2.05, 4.69) is 4.98 Å². The summed E-state index contributed by atoms with van der Waals surface area (Å²) in [5, 5.41) is 0.646. The molecule has 0 saturated carbocycles. The Kier molecular flexibility index (Phi) is 6.17. The Labute approximate surface area is 150 Å². The minimum absolute atomic E-state index is 0.0387. The van der Waals surface area contributed by atoms with Gasteiger partial charge in [-0.3, -0.25) is 4.79 Å². The zero-order valence-corrected chi connectivity index (χ0v) is 14.9. The van der Waals surface area contributed by atoms with Crippen LogP contribution in [0.15, 0.2) is 18.2 Å². The first-order chi connectivity index (χ1) is 11.9. The lowest BCUT2D eigenvalue weighted by atomic mass is 10.1. The Morgan fingerprint density at radius 1 is 1.28 bits per heavy atom. The van der Waals surface area contributed by atoms with Gasteiger partial charge in [-0.05, 0) is 18.1 Å². The summed E-state index contributed by atoms with van der Waals surface area (Å²) in [6, 6.07) is 4.59. The number of halogens is 1. The fourth-order valence-corrected chi connectivity index (χ4v) is 2.34. The first-order valence-corrected chi connectivity index (χ1v) is 8.00. The SMILES string of the molecule is COc1ccc2c(OC(=O)OCC(C)C)cc(C(=O)CN)nc2c1Cl. The summed E-state index contributed by atoms with van der Waals surface area (Å²) in [6.45, 7) is 3.78. The number of nitrogens with zero attached hydrogens (tertiary/aromatic N) is 1. The summed E-state index contributed by atoms with van der Waals surface area (Å²) >= 11 is 6.27. The molecule has 0 radical (unpaired) electrons. The molecule has 25 heavy (non-hydrogen) atoms. The number of carbonyl (C=O) groups excluding carboxylic acids is 2. The van der Waals surface area contributed by atoms with Gasteiger partial charge >= 0.3 is 6.16 Å². The molecule has 2 N–H and O–H groups in total. The highest BCUT2D eigenvalue weighted by molar-refractivity contribution is 6.36. The van der Waals surface area contributed by atoms with Crippen molar-refractivity contribution in [3.8, 4) is 11.5 Å². The van der Waals surface area contributed by atoms with E-state index in [0.29, 0.717) is 11.1 Å². The van der Waals surface area contributed by atoms with Gasteiger partial charge in [0.1, 0.15) is 22.2 Å². The second kappa shape index (κ2) is 8.13. The fourth-order valence-electron chi connectivity index (χ4n) is 2.05. The fraction of sp³-hybridized carbons (Fsp3) is 0.353. The van der Waals surface area contributed by atoms with E-state index in [4.69, 9.17) is 31.5 Å². The van der Waals surface area contributed by atoms with E-state index in [1.807, 2.05) is 13.8 Å². The van der Waals surface area contributed by atoms with Crippen LogP contribution >= 0.6 is 11.6 Å². The zero-order valence-electron chi connectivity index (χ0n) is 14.2. The van der Waals surface area contributed by atoms with E-state index >= 15 is 0 Å². The summed E-state index contributed by atoms with van der Waals surface area (Å²) in [6.07, 6.45) is -0.876. The van der Waals surface area contributed by atoms with Crippen molar-refractivity contribution in [1.29, 1.82) is 0 Å². The van der Waals surface area contributed by atoms with Gasteiger partial charge in [-0.15, -0.1) is 0 Å².